The summed E-state index contributed by atoms with van der Waals surface area (Å²) in [7, 11) is 0. The highest BCUT2D eigenvalue weighted by Crippen LogP contribution is 2.42. The Hall–Kier alpha value is -2.23. The van der Waals surface area contributed by atoms with E-state index in [1.54, 1.807) is 12.1 Å². The summed E-state index contributed by atoms with van der Waals surface area (Å²) in [6, 6.07) is 5.43. The minimum atomic E-state index is -0.995. The molecule has 0 N–H and O–H groups in total. The van der Waals surface area contributed by atoms with Crippen LogP contribution >= 0.6 is 34.7 Å². The first kappa shape index (κ1) is 21.6. The van der Waals surface area contributed by atoms with Gasteiger partial charge in [-0.3, -0.25) is 14.5 Å². The molecule has 3 aromatic rings. The summed E-state index contributed by atoms with van der Waals surface area (Å²) >= 11 is 8.80. The Labute approximate surface area is 197 Å². The second-order valence-corrected chi connectivity index (χ2v) is 10.4. The Balaban J connectivity index is 1.56. The Morgan fingerprint density at radius 2 is 2.09 bits per heavy atom. The SMILES string of the molecule is Cc1cc(Cl)cc(-c2ncnc3cc(CN4C(=O)CSC4=O)sc23)c1O[C@@H]1CCC[C@@H]1F. The summed E-state index contributed by atoms with van der Waals surface area (Å²) in [5.41, 5.74) is 2.82. The van der Waals surface area contributed by atoms with Crippen LogP contribution in [0.3, 0.4) is 0 Å². The second kappa shape index (κ2) is 8.61. The normalized spacial score (nSPS) is 21.2. The number of halogens is 2. The summed E-state index contributed by atoms with van der Waals surface area (Å²) in [5.74, 6) is 0.552. The lowest BCUT2D eigenvalue weighted by Crippen LogP contribution is -2.27. The number of thioether (sulfide) groups is 1. The zero-order valence-electron chi connectivity index (χ0n) is 17.1. The number of hydrogen-bond donors (Lipinski definition) is 0. The number of imide groups is 1. The second-order valence-electron chi connectivity index (χ2n) is 7.89. The summed E-state index contributed by atoms with van der Waals surface area (Å²) in [6.45, 7) is 2.09. The molecule has 2 fully saturated rings. The maximum atomic E-state index is 14.3. The third-order valence-corrected chi connectivity index (χ3v) is 7.85. The molecule has 0 unspecified atom stereocenters. The number of aryl methyl sites for hydroxylation is 1. The lowest BCUT2D eigenvalue weighted by Gasteiger charge is -2.20. The quantitative estimate of drug-likeness (QED) is 0.450. The topological polar surface area (TPSA) is 72.4 Å². The molecule has 1 aliphatic carbocycles. The van der Waals surface area contributed by atoms with Crippen molar-refractivity contribution in [2.45, 2.75) is 45.0 Å². The number of carbonyl (C=O) groups excluding carboxylic acids is 2. The highest BCUT2D eigenvalue weighted by molar-refractivity contribution is 8.14. The standard InChI is InChI=1S/C22H19ClFN3O3S2/c1-11-5-12(23)6-14(20(11)30-17-4-2-3-15(17)24)19-21-16(25-10-26-19)7-13(32-21)8-27-18(28)9-31-22(27)29/h5-7,10,15,17H,2-4,8-9H2,1H3/t15-,17+/m0/s1. The number of fused-ring (bicyclic) bond motifs is 1. The largest absolute Gasteiger partial charge is 0.486 e. The summed E-state index contributed by atoms with van der Waals surface area (Å²) in [6.07, 6.45) is 1.95. The van der Waals surface area contributed by atoms with Crippen molar-refractivity contribution in [1.29, 1.82) is 0 Å². The van der Waals surface area contributed by atoms with Crippen LogP contribution in [0.15, 0.2) is 24.5 Å². The highest BCUT2D eigenvalue weighted by atomic mass is 35.5. The van der Waals surface area contributed by atoms with Crippen molar-refractivity contribution in [3.8, 4) is 17.0 Å². The predicted octanol–water partition coefficient (Wildman–Crippen LogP) is 5.78. The van der Waals surface area contributed by atoms with Crippen LogP contribution in [0.4, 0.5) is 9.18 Å². The minimum absolute atomic E-state index is 0.175. The Kier molecular flexibility index (Phi) is 5.81. The Morgan fingerprint density at radius 3 is 2.81 bits per heavy atom. The van der Waals surface area contributed by atoms with Crippen molar-refractivity contribution in [2.24, 2.45) is 0 Å². The number of thiophene rings is 1. The van der Waals surface area contributed by atoms with E-state index < -0.39 is 12.3 Å². The number of benzene rings is 1. The van der Waals surface area contributed by atoms with Crippen molar-refractivity contribution in [3.05, 3.63) is 40.0 Å². The zero-order valence-corrected chi connectivity index (χ0v) is 19.5. The first-order valence-corrected chi connectivity index (χ1v) is 12.4. The molecule has 3 heterocycles. The molecule has 0 spiro atoms. The third kappa shape index (κ3) is 3.97. The Bertz CT molecular complexity index is 1220. The number of aromatic nitrogens is 2. The maximum Gasteiger partial charge on any atom is 0.289 e. The van der Waals surface area contributed by atoms with Gasteiger partial charge in [-0.2, -0.15) is 0 Å². The fraction of sp³-hybridized carbons (Fsp3) is 0.364. The number of alkyl halides is 1. The molecular weight excluding hydrogens is 473 g/mol. The molecule has 2 amide bonds. The number of hydrogen-bond acceptors (Lipinski definition) is 7. The molecule has 1 aromatic carbocycles. The minimum Gasteiger partial charge on any atom is -0.486 e. The number of rotatable bonds is 5. The van der Waals surface area contributed by atoms with Crippen molar-refractivity contribution in [1.82, 2.24) is 14.9 Å². The van der Waals surface area contributed by atoms with E-state index in [1.807, 2.05) is 13.0 Å². The smallest absolute Gasteiger partial charge is 0.289 e. The van der Waals surface area contributed by atoms with Crippen LogP contribution in [-0.2, 0) is 11.3 Å². The van der Waals surface area contributed by atoms with Crippen molar-refractivity contribution >= 4 is 56.1 Å². The molecular formula is C22H19ClFN3O3S2. The number of nitrogens with zero attached hydrogens (tertiary/aromatic N) is 3. The van der Waals surface area contributed by atoms with E-state index >= 15 is 0 Å². The van der Waals surface area contributed by atoms with Gasteiger partial charge >= 0.3 is 0 Å². The molecule has 2 aromatic heterocycles. The first-order chi connectivity index (χ1) is 15.4. The fourth-order valence-electron chi connectivity index (χ4n) is 4.09. The van der Waals surface area contributed by atoms with Gasteiger partial charge in [0.15, 0.2) is 0 Å². The van der Waals surface area contributed by atoms with Gasteiger partial charge in [-0.25, -0.2) is 14.4 Å². The summed E-state index contributed by atoms with van der Waals surface area (Å²) in [4.78, 5) is 34.9. The van der Waals surface area contributed by atoms with Gasteiger partial charge in [0.1, 0.15) is 24.4 Å². The zero-order chi connectivity index (χ0) is 22.4. The molecule has 2 aliphatic rings. The molecule has 32 heavy (non-hydrogen) atoms. The molecule has 166 valence electrons. The molecule has 1 saturated carbocycles. The van der Waals surface area contributed by atoms with Gasteiger partial charge in [0, 0.05) is 15.5 Å². The molecule has 0 bridgehead atoms. The molecule has 0 radical (unpaired) electrons. The van der Waals surface area contributed by atoms with Crippen molar-refractivity contribution < 1.29 is 18.7 Å². The van der Waals surface area contributed by atoms with Gasteiger partial charge in [0.25, 0.3) is 5.24 Å². The van der Waals surface area contributed by atoms with E-state index in [4.69, 9.17) is 16.3 Å². The van der Waals surface area contributed by atoms with E-state index in [2.05, 4.69) is 9.97 Å². The van der Waals surface area contributed by atoms with E-state index in [1.165, 1.54) is 22.6 Å². The molecule has 2 atom stereocenters. The maximum absolute atomic E-state index is 14.3. The van der Waals surface area contributed by atoms with Gasteiger partial charge in [0.2, 0.25) is 5.91 Å². The highest BCUT2D eigenvalue weighted by Gasteiger charge is 2.32. The van der Waals surface area contributed by atoms with Crippen LogP contribution in [0.25, 0.3) is 21.5 Å². The van der Waals surface area contributed by atoms with Crippen molar-refractivity contribution in [3.63, 3.8) is 0 Å². The molecule has 1 aliphatic heterocycles. The van der Waals surface area contributed by atoms with Crippen LogP contribution in [0, 0.1) is 6.92 Å². The fourth-order valence-corrected chi connectivity index (χ4v) is 6.19. The van der Waals surface area contributed by atoms with Crippen LogP contribution in [0.1, 0.15) is 29.7 Å². The average Bonchev–Trinajstić information content (AvgIpc) is 3.44. The average molecular weight is 492 g/mol. The van der Waals surface area contributed by atoms with Gasteiger partial charge < -0.3 is 4.74 Å². The van der Waals surface area contributed by atoms with E-state index in [0.717, 1.165) is 33.3 Å². The third-order valence-electron chi connectivity index (χ3n) is 5.65. The predicted molar refractivity (Wildman–Crippen MR) is 124 cm³/mol. The number of ether oxygens (including phenoxy) is 1. The lowest BCUT2D eigenvalue weighted by atomic mass is 10.1. The molecule has 6 nitrogen and oxygen atoms in total. The van der Waals surface area contributed by atoms with Crippen LogP contribution in [0.5, 0.6) is 5.75 Å². The van der Waals surface area contributed by atoms with E-state index in [9.17, 15) is 14.0 Å². The first-order valence-electron chi connectivity index (χ1n) is 10.2. The van der Waals surface area contributed by atoms with Crippen LogP contribution in [-0.4, -0.2) is 44.0 Å². The molecule has 5 rings (SSSR count). The molecule has 10 heteroatoms. The monoisotopic (exact) mass is 491 g/mol. The molecule has 1 saturated heterocycles. The van der Waals surface area contributed by atoms with Crippen LogP contribution in [0.2, 0.25) is 5.02 Å². The van der Waals surface area contributed by atoms with Gasteiger partial charge in [0.05, 0.1) is 28.2 Å². The number of carbonyl (C=O) groups is 2. The van der Waals surface area contributed by atoms with Gasteiger partial charge in [-0.15, -0.1) is 11.3 Å². The van der Waals surface area contributed by atoms with E-state index in [-0.39, 0.29) is 23.4 Å². The summed E-state index contributed by atoms with van der Waals surface area (Å²) in [5, 5.41) is 0.291. The van der Waals surface area contributed by atoms with Crippen molar-refractivity contribution in [2.75, 3.05) is 5.75 Å². The summed E-state index contributed by atoms with van der Waals surface area (Å²) < 4.78 is 21.3. The Morgan fingerprint density at radius 1 is 1.25 bits per heavy atom. The van der Waals surface area contributed by atoms with Gasteiger partial charge in [-0.05, 0) is 49.9 Å². The van der Waals surface area contributed by atoms with E-state index in [0.29, 0.717) is 40.4 Å². The lowest BCUT2D eigenvalue weighted by molar-refractivity contribution is -0.124. The van der Waals surface area contributed by atoms with Gasteiger partial charge in [-0.1, -0.05) is 23.4 Å². The number of amides is 2. The van der Waals surface area contributed by atoms with Crippen LogP contribution < -0.4 is 4.74 Å².